The van der Waals surface area contributed by atoms with Gasteiger partial charge < -0.3 is 9.47 Å². The van der Waals surface area contributed by atoms with Crippen molar-refractivity contribution in [1.82, 2.24) is 0 Å². The van der Waals surface area contributed by atoms with Crippen LogP contribution in [0.25, 0.3) is 0 Å². The number of ether oxygens (including phenoxy) is 2. The first-order valence-electron chi connectivity index (χ1n) is 8.29. The number of carbonyl (C=O) groups excluding carboxylic acids is 1. The van der Waals surface area contributed by atoms with E-state index >= 15 is 0 Å². The summed E-state index contributed by atoms with van der Waals surface area (Å²) in [5, 5.41) is 0. The molecule has 0 unspecified atom stereocenters. The van der Waals surface area contributed by atoms with Crippen LogP contribution in [0.2, 0.25) is 0 Å². The van der Waals surface area contributed by atoms with Gasteiger partial charge in [0.15, 0.2) is 0 Å². The van der Waals surface area contributed by atoms with Gasteiger partial charge in [0.2, 0.25) is 0 Å². The van der Waals surface area contributed by atoms with E-state index in [-0.39, 0.29) is 6.61 Å². The van der Waals surface area contributed by atoms with Gasteiger partial charge in [0, 0.05) is 11.1 Å². The van der Waals surface area contributed by atoms with Crippen LogP contribution in [-0.4, -0.2) is 12.6 Å². The quantitative estimate of drug-likeness (QED) is 0.620. The summed E-state index contributed by atoms with van der Waals surface area (Å²) < 4.78 is 11.7. The van der Waals surface area contributed by atoms with Crippen LogP contribution in [0.4, 0.5) is 0 Å². The van der Waals surface area contributed by atoms with Crippen molar-refractivity contribution in [3.05, 3.63) is 102 Å². The van der Waals surface area contributed by atoms with Crippen LogP contribution < -0.4 is 4.74 Å². The van der Waals surface area contributed by atoms with E-state index in [1.807, 2.05) is 91.0 Å². The molecule has 0 amide bonds. The van der Waals surface area contributed by atoms with Gasteiger partial charge in [0.05, 0.1) is 6.61 Å². The van der Waals surface area contributed by atoms with Crippen molar-refractivity contribution in [2.24, 2.45) is 0 Å². The van der Waals surface area contributed by atoms with Crippen LogP contribution in [0.1, 0.15) is 18.1 Å². The van der Waals surface area contributed by atoms with Crippen molar-refractivity contribution in [3.8, 4) is 5.75 Å². The third-order valence-corrected chi connectivity index (χ3v) is 3.94. The number of para-hydroxylation sites is 1. The minimum Gasteiger partial charge on any atom is -0.466 e. The minimum absolute atomic E-state index is 0.276. The van der Waals surface area contributed by atoms with E-state index in [1.165, 1.54) is 0 Å². The molecule has 3 rings (SSSR count). The highest BCUT2D eigenvalue weighted by atomic mass is 16.6. The van der Waals surface area contributed by atoms with E-state index < -0.39 is 11.6 Å². The summed E-state index contributed by atoms with van der Waals surface area (Å²) in [5.74, 6) is 0.166. The topological polar surface area (TPSA) is 35.5 Å². The Morgan fingerprint density at radius 2 is 1.20 bits per heavy atom. The molecule has 3 heteroatoms. The maximum atomic E-state index is 13.1. The fourth-order valence-electron chi connectivity index (χ4n) is 2.81. The molecule has 0 saturated heterocycles. The Morgan fingerprint density at radius 3 is 1.64 bits per heavy atom. The van der Waals surface area contributed by atoms with E-state index in [1.54, 1.807) is 6.92 Å². The summed E-state index contributed by atoms with van der Waals surface area (Å²) in [6.07, 6.45) is 0. The van der Waals surface area contributed by atoms with Crippen LogP contribution in [-0.2, 0) is 15.1 Å². The highest BCUT2D eigenvalue weighted by molar-refractivity contribution is 5.86. The lowest BCUT2D eigenvalue weighted by atomic mass is 9.86. The number of rotatable bonds is 6. The molecular weight excluding hydrogens is 312 g/mol. The van der Waals surface area contributed by atoms with Crippen LogP contribution in [0.3, 0.4) is 0 Å². The van der Waals surface area contributed by atoms with Crippen LogP contribution in [0.5, 0.6) is 5.75 Å². The van der Waals surface area contributed by atoms with Gasteiger partial charge in [-0.1, -0.05) is 78.9 Å². The van der Waals surface area contributed by atoms with Gasteiger partial charge in [-0.25, -0.2) is 4.79 Å². The molecule has 3 nitrogen and oxygen atoms in total. The Morgan fingerprint density at radius 1 is 0.760 bits per heavy atom. The van der Waals surface area contributed by atoms with Crippen molar-refractivity contribution in [3.63, 3.8) is 0 Å². The zero-order valence-corrected chi connectivity index (χ0v) is 14.1. The molecule has 0 aliphatic rings. The smallest absolute Gasteiger partial charge is 0.360 e. The first kappa shape index (κ1) is 16.8. The Balaban J connectivity index is 2.21. The molecule has 0 aliphatic heterocycles. The maximum Gasteiger partial charge on any atom is 0.360 e. The van der Waals surface area contributed by atoms with E-state index in [2.05, 4.69) is 0 Å². The van der Waals surface area contributed by atoms with Gasteiger partial charge in [-0.2, -0.15) is 0 Å². The average molecular weight is 332 g/mol. The van der Waals surface area contributed by atoms with Gasteiger partial charge >= 0.3 is 5.97 Å². The summed E-state index contributed by atoms with van der Waals surface area (Å²) in [4.78, 5) is 13.1. The Labute approximate surface area is 147 Å². The average Bonchev–Trinajstić information content (AvgIpc) is 2.68. The van der Waals surface area contributed by atoms with Crippen molar-refractivity contribution in [2.45, 2.75) is 12.5 Å². The molecule has 0 heterocycles. The second kappa shape index (κ2) is 7.67. The molecule has 3 aromatic carbocycles. The van der Waals surface area contributed by atoms with Crippen LogP contribution >= 0.6 is 0 Å². The van der Waals surface area contributed by atoms with E-state index in [0.717, 1.165) is 11.1 Å². The molecule has 0 aromatic heterocycles. The summed E-state index contributed by atoms with van der Waals surface area (Å²) in [5.41, 5.74) is 0.0897. The lowest BCUT2D eigenvalue weighted by Crippen LogP contribution is -2.44. The van der Waals surface area contributed by atoms with Gasteiger partial charge in [-0.3, -0.25) is 0 Å². The lowest BCUT2D eigenvalue weighted by molar-refractivity contribution is -0.159. The Hall–Kier alpha value is -3.07. The van der Waals surface area contributed by atoms with Gasteiger partial charge in [-0.15, -0.1) is 0 Å². The van der Waals surface area contributed by atoms with Crippen molar-refractivity contribution >= 4 is 5.97 Å². The molecule has 0 atom stereocenters. The lowest BCUT2D eigenvalue weighted by Gasteiger charge is -2.33. The summed E-state index contributed by atoms with van der Waals surface area (Å²) in [6, 6.07) is 28.2. The number of hydrogen-bond acceptors (Lipinski definition) is 3. The van der Waals surface area contributed by atoms with Crippen LogP contribution in [0.15, 0.2) is 91.0 Å². The highest BCUT2D eigenvalue weighted by Crippen LogP contribution is 2.36. The fraction of sp³-hybridized carbons (Fsp3) is 0.136. The van der Waals surface area contributed by atoms with Crippen molar-refractivity contribution in [1.29, 1.82) is 0 Å². The molecule has 0 saturated carbocycles. The van der Waals surface area contributed by atoms with Crippen molar-refractivity contribution < 1.29 is 14.3 Å². The minimum atomic E-state index is -1.36. The van der Waals surface area contributed by atoms with Crippen LogP contribution in [0, 0.1) is 0 Å². The molecular formula is C22H20O3. The number of hydrogen-bond donors (Lipinski definition) is 0. The number of carbonyl (C=O) groups is 1. The molecule has 126 valence electrons. The summed E-state index contributed by atoms with van der Waals surface area (Å²) in [7, 11) is 0. The molecule has 0 spiro atoms. The fourth-order valence-corrected chi connectivity index (χ4v) is 2.81. The second-order valence-electron chi connectivity index (χ2n) is 5.55. The van der Waals surface area contributed by atoms with E-state index in [0.29, 0.717) is 5.75 Å². The zero-order chi connectivity index (χ0) is 17.5. The summed E-state index contributed by atoms with van der Waals surface area (Å²) in [6.45, 7) is 2.07. The van der Waals surface area contributed by atoms with E-state index in [4.69, 9.17) is 9.47 Å². The van der Waals surface area contributed by atoms with Gasteiger partial charge in [0.1, 0.15) is 5.75 Å². The molecule has 3 aromatic rings. The summed E-state index contributed by atoms with van der Waals surface area (Å²) >= 11 is 0. The second-order valence-corrected chi connectivity index (χ2v) is 5.55. The molecule has 0 N–H and O–H groups in total. The molecule has 0 aliphatic carbocycles. The van der Waals surface area contributed by atoms with E-state index in [9.17, 15) is 4.79 Å². The molecule has 0 radical (unpaired) electrons. The first-order valence-corrected chi connectivity index (χ1v) is 8.29. The molecule has 25 heavy (non-hydrogen) atoms. The first-order chi connectivity index (χ1) is 12.3. The largest absolute Gasteiger partial charge is 0.466 e. The number of esters is 1. The highest BCUT2D eigenvalue weighted by Gasteiger charge is 2.46. The molecule has 0 fully saturated rings. The predicted molar refractivity (Wildman–Crippen MR) is 97.4 cm³/mol. The SMILES string of the molecule is CCOC(=O)C(Oc1ccccc1)(c1ccccc1)c1ccccc1. The Kier molecular flexibility index (Phi) is 5.14. The third kappa shape index (κ3) is 3.41. The maximum absolute atomic E-state index is 13.1. The van der Waals surface area contributed by atoms with Crippen molar-refractivity contribution in [2.75, 3.05) is 6.61 Å². The molecule has 0 bridgehead atoms. The predicted octanol–water partition coefficient (Wildman–Crippen LogP) is 4.57. The Bertz CT molecular complexity index is 759. The normalized spacial score (nSPS) is 10.9. The standard InChI is InChI=1S/C22H20O3/c1-2-24-21(23)22(18-12-6-3-7-13-18,19-14-8-4-9-15-19)25-20-16-10-5-11-17-20/h3-17H,2H2,1H3. The third-order valence-electron chi connectivity index (χ3n) is 3.94. The number of benzene rings is 3. The zero-order valence-electron chi connectivity index (χ0n) is 14.1. The van der Waals surface area contributed by atoms with Gasteiger partial charge in [0.25, 0.3) is 5.60 Å². The van der Waals surface area contributed by atoms with Gasteiger partial charge in [-0.05, 0) is 19.1 Å². The monoisotopic (exact) mass is 332 g/mol.